The van der Waals surface area contributed by atoms with Crippen molar-refractivity contribution in [1.29, 1.82) is 0 Å². The normalized spacial score (nSPS) is 6.75. The fourth-order valence-electron chi connectivity index (χ4n) is 0.202. The van der Waals surface area contributed by atoms with Crippen LogP contribution in [0.5, 0.6) is 0 Å². The van der Waals surface area contributed by atoms with Gasteiger partial charge in [0, 0.05) is 31.2 Å². The Morgan fingerprint density at radius 2 is 1.50 bits per heavy atom. The first-order valence-corrected chi connectivity index (χ1v) is 1.82. The molecule has 0 fully saturated rings. The molecular formula is C4H7CrO3+. The number of ether oxygens (including phenoxy) is 1. The van der Waals surface area contributed by atoms with E-state index in [9.17, 15) is 9.59 Å². The molecule has 0 aromatic heterocycles. The predicted molar refractivity (Wildman–Crippen MR) is 23.6 cm³/mol. The van der Waals surface area contributed by atoms with Gasteiger partial charge in [-0.1, -0.05) is 0 Å². The van der Waals surface area contributed by atoms with Crippen LogP contribution >= 0.6 is 0 Å². The SMILES string of the molecule is CC(=O)OC(C)=O.[Cr].[H+]. The van der Waals surface area contributed by atoms with E-state index in [1.54, 1.807) is 0 Å². The molecule has 0 atom stereocenters. The maximum Gasteiger partial charge on any atom is 1.00 e. The van der Waals surface area contributed by atoms with Gasteiger partial charge in [0.05, 0.1) is 0 Å². The molecule has 0 heterocycles. The Kier molecular flexibility index (Phi) is 6.40. The van der Waals surface area contributed by atoms with Crippen molar-refractivity contribution in [2.75, 3.05) is 0 Å². The van der Waals surface area contributed by atoms with Gasteiger partial charge in [0.2, 0.25) is 0 Å². The van der Waals surface area contributed by atoms with Gasteiger partial charge in [0.25, 0.3) is 0 Å². The molecule has 0 bridgehead atoms. The molecule has 46 valence electrons. The van der Waals surface area contributed by atoms with Crippen molar-refractivity contribution in [1.82, 2.24) is 0 Å². The van der Waals surface area contributed by atoms with E-state index in [-0.39, 0.29) is 18.8 Å². The van der Waals surface area contributed by atoms with E-state index in [1.807, 2.05) is 0 Å². The van der Waals surface area contributed by atoms with E-state index in [2.05, 4.69) is 4.74 Å². The third-order valence-corrected chi connectivity index (χ3v) is 0.287. The summed E-state index contributed by atoms with van der Waals surface area (Å²) in [4.78, 5) is 19.6. The van der Waals surface area contributed by atoms with E-state index < -0.39 is 11.9 Å². The summed E-state index contributed by atoms with van der Waals surface area (Å²) in [5.41, 5.74) is 0. The van der Waals surface area contributed by atoms with Gasteiger partial charge in [-0.3, -0.25) is 9.59 Å². The zero-order chi connectivity index (χ0) is 5.86. The molecule has 0 aliphatic carbocycles. The van der Waals surface area contributed by atoms with E-state index in [0.29, 0.717) is 0 Å². The van der Waals surface area contributed by atoms with E-state index in [0.717, 1.165) is 0 Å². The fourth-order valence-corrected chi connectivity index (χ4v) is 0.202. The molecule has 4 heteroatoms. The number of carbonyl (C=O) groups is 2. The van der Waals surface area contributed by atoms with Gasteiger partial charge in [-0.15, -0.1) is 0 Å². The Morgan fingerprint density at radius 3 is 1.50 bits per heavy atom. The summed E-state index contributed by atoms with van der Waals surface area (Å²) in [6.45, 7) is 2.36. The molecule has 3 nitrogen and oxygen atoms in total. The zero-order valence-corrected chi connectivity index (χ0v) is 5.91. The van der Waals surface area contributed by atoms with Crippen molar-refractivity contribution in [3.63, 3.8) is 0 Å². The van der Waals surface area contributed by atoms with Crippen molar-refractivity contribution in [3.05, 3.63) is 0 Å². The predicted octanol–water partition coefficient (Wildman–Crippen LogP) is 0.206. The van der Waals surface area contributed by atoms with Gasteiger partial charge >= 0.3 is 13.4 Å². The number of esters is 2. The molecule has 0 unspecified atom stereocenters. The third kappa shape index (κ3) is 9.18. The van der Waals surface area contributed by atoms with E-state index >= 15 is 0 Å². The van der Waals surface area contributed by atoms with Gasteiger partial charge in [-0.25, -0.2) is 0 Å². The number of hydrogen-bond acceptors (Lipinski definition) is 3. The average Bonchev–Trinajstić information content (AvgIpc) is 1.27. The van der Waals surface area contributed by atoms with Crippen molar-refractivity contribution < 1.29 is 33.1 Å². The first-order chi connectivity index (χ1) is 3.13. The Balaban J connectivity index is -0.000000180. The summed E-state index contributed by atoms with van der Waals surface area (Å²) in [6.07, 6.45) is 0. The van der Waals surface area contributed by atoms with Crippen LogP contribution in [0.3, 0.4) is 0 Å². The number of hydrogen-bond donors (Lipinski definition) is 0. The van der Waals surface area contributed by atoms with Crippen LogP contribution in [0.25, 0.3) is 0 Å². The van der Waals surface area contributed by atoms with Crippen LogP contribution in [-0.4, -0.2) is 11.9 Å². The second-order valence-electron chi connectivity index (χ2n) is 1.09. The number of rotatable bonds is 0. The summed E-state index contributed by atoms with van der Waals surface area (Å²) in [5.74, 6) is -1.12. The largest absolute Gasteiger partial charge is 1.00 e. The second-order valence-corrected chi connectivity index (χ2v) is 1.09. The minimum atomic E-state index is -0.562. The fraction of sp³-hybridized carbons (Fsp3) is 0.500. The molecule has 0 aliphatic heterocycles. The van der Waals surface area contributed by atoms with Crippen LogP contribution in [-0.2, 0) is 31.7 Å². The van der Waals surface area contributed by atoms with Crippen molar-refractivity contribution in [2.24, 2.45) is 0 Å². The minimum absolute atomic E-state index is 0. The summed E-state index contributed by atoms with van der Waals surface area (Å²) in [6, 6.07) is 0. The molecule has 0 rings (SSSR count). The monoisotopic (exact) mass is 155 g/mol. The van der Waals surface area contributed by atoms with Crippen molar-refractivity contribution >= 4 is 11.9 Å². The molecule has 0 saturated carbocycles. The molecule has 0 aromatic carbocycles. The van der Waals surface area contributed by atoms with E-state index in [4.69, 9.17) is 0 Å². The van der Waals surface area contributed by atoms with Crippen LogP contribution in [0.4, 0.5) is 0 Å². The third-order valence-electron chi connectivity index (χ3n) is 0.287. The molecule has 0 N–H and O–H groups in total. The van der Waals surface area contributed by atoms with Gasteiger partial charge in [-0.05, 0) is 0 Å². The van der Waals surface area contributed by atoms with Crippen LogP contribution in [0.15, 0.2) is 0 Å². The Bertz CT molecular complexity index is 92.0. The van der Waals surface area contributed by atoms with Gasteiger partial charge in [-0.2, -0.15) is 0 Å². The van der Waals surface area contributed by atoms with Crippen LogP contribution < -0.4 is 0 Å². The van der Waals surface area contributed by atoms with Crippen LogP contribution in [0.2, 0.25) is 0 Å². The minimum Gasteiger partial charge on any atom is -0.394 e. The molecule has 0 radical (unpaired) electrons. The molecule has 0 spiro atoms. The summed E-state index contributed by atoms with van der Waals surface area (Å²) < 4.78 is 3.97. The Labute approximate surface area is 59.6 Å². The summed E-state index contributed by atoms with van der Waals surface area (Å²) in [5, 5.41) is 0. The van der Waals surface area contributed by atoms with Gasteiger partial charge < -0.3 is 4.74 Å². The first-order valence-electron chi connectivity index (χ1n) is 1.82. The average molecular weight is 155 g/mol. The molecular weight excluding hydrogens is 148 g/mol. The molecule has 8 heavy (non-hydrogen) atoms. The molecule has 0 amide bonds. The van der Waals surface area contributed by atoms with Crippen molar-refractivity contribution in [3.8, 4) is 0 Å². The summed E-state index contributed by atoms with van der Waals surface area (Å²) >= 11 is 0. The number of carbonyl (C=O) groups excluding carboxylic acids is 2. The van der Waals surface area contributed by atoms with Crippen LogP contribution in [0.1, 0.15) is 15.3 Å². The topological polar surface area (TPSA) is 43.4 Å². The summed E-state index contributed by atoms with van der Waals surface area (Å²) in [7, 11) is 0. The standard InChI is InChI=1S/C4H6O3.Cr/c1-3(5)7-4(2)6;/h1-2H3;/p+1. The quantitative estimate of drug-likeness (QED) is 0.371. The molecule has 0 saturated heterocycles. The maximum atomic E-state index is 9.81. The maximum absolute atomic E-state index is 9.81. The van der Waals surface area contributed by atoms with Gasteiger partial charge in [0.15, 0.2) is 0 Å². The first kappa shape index (κ1) is 10.6. The molecule has 0 aromatic rings. The Morgan fingerprint density at radius 1 is 1.25 bits per heavy atom. The van der Waals surface area contributed by atoms with Crippen LogP contribution in [0, 0.1) is 0 Å². The zero-order valence-electron chi connectivity index (χ0n) is 5.63. The Hall–Kier alpha value is -0.328. The van der Waals surface area contributed by atoms with E-state index in [1.165, 1.54) is 13.8 Å². The second kappa shape index (κ2) is 4.82. The smallest absolute Gasteiger partial charge is 0.394 e. The van der Waals surface area contributed by atoms with Gasteiger partial charge in [0.1, 0.15) is 0 Å². The van der Waals surface area contributed by atoms with Crippen molar-refractivity contribution in [2.45, 2.75) is 13.8 Å². The molecule has 0 aliphatic rings.